The maximum atomic E-state index is 12.4. The SMILES string of the molecule is Cc1occc1-c1nnc(SC(C)C(=O)NC2CC2)n1Cc1ccccc1. The quantitative estimate of drug-likeness (QED) is 0.632. The van der Waals surface area contributed by atoms with Crippen molar-refractivity contribution >= 4 is 17.7 Å². The Morgan fingerprint density at radius 2 is 2.07 bits per heavy atom. The van der Waals surface area contributed by atoms with E-state index < -0.39 is 0 Å². The van der Waals surface area contributed by atoms with Gasteiger partial charge in [-0.2, -0.15) is 0 Å². The third-order valence-electron chi connectivity index (χ3n) is 4.58. The number of nitrogens with one attached hydrogen (secondary N) is 1. The lowest BCUT2D eigenvalue weighted by molar-refractivity contribution is -0.120. The van der Waals surface area contributed by atoms with Crippen molar-refractivity contribution in [1.82, 2.24) is 20.1 Å². The number of amides is 1. The van der Waals surface area contributed by atoms with Gasteiger partial charge in [0, 0.05) is 6.04 Å². The molecule has 1 saturated carbocycles. The van der Waals surface area contributed by atoms with Crippen LogP contribution in [0.3, 0.4) is 0 Å². The van der Waals surface area contributed by atoms with Crippen molar-refractivity contribution in [3.05, 3.63) is 54.0 Å². The molecule has 0 radical (unpaired) electrons. The molecule has 1 aliphatic rings. The average Bonchev–Trinajstić information content (AvgIpc) is 3.26. The van der Waals surface area contributed by atoms with Crippen molar-refractivity contribution in [2.24, 2.45) is 0 Å². The molecule has 27 heavy (non-hydrogen) atoms. The van der Waals surface area contributed by atoms with Crippen LogP contribution in [0, 0.1) is 6.92 Å². The molecule has 140 valence electrons. The Bertz CT molecular complexity index is 931. The van der Waals surface area contributed by atoms with Gasteiger partial charge in [-0.15, -0.1) is 10.2 Å². The van der Waals surface area contributed by atoms with Gasteiger partial charge in [-0.25, -0.2) is 0 Å². The maximum Gasteiger partial charge on any atom is 0.233 e. The first kappa shape index (κ1) is 17.9. The number of aromatic nitrogens is 3. The number of benzene rings is 1. The predicted molar refractivity (Wildman–Crippen MR) is 104 cm³/mol. The molecule has 2 heterocycles. The van der Waals surface area contributed by atoms with Crippen LogP contribution >= 0.6 is 11.8 Å². The van der Waals surface area contributed by atoms with E-state index in [2.05, 4.69) is 32.2 Å². The number of rotatable bonds is 7. The first-order valence-corrected chi connectivity index (χ1v) is 9.98. The summed E-state index contributed by atoms with van der Waals surface area (Å²) >= 11 is 1.44. The minimum atomic E-state index is -0.234. The van der Waals surface area contributed by atoms with E-state index in [-0.39, 0.29) is 11.2 Å². The highest BCUT2D eigenvalue weighted by Crippen LogP contribution is 2.30. The summed E-state index contributed by atoms with van der Waals surface area (Å²) in [5.41, 5.74) is 2.07. The van der Waals surface area contributed by atoms with Gasteiger partial charge < -0.3 is 9.73 Å². The van der Waals surface area contributed by atoms with E-state index in [9.17, 15) is 4.79 Å². The Morgan fingerprint density at radius 1 is 1.30 bits per heavy atom. The maximum absolute atomic E-state index is 12.4. The van der Waals surface area contributed by atoms with E-state index in [0.717, 1.165) is 40.7 Å². The van der Waals surface area contributed by atoms with Crippen LogP contribution in [0.1, 0.15) is 31.1 Å². The molecule has 0 aliphatic heterocycles. The largest absolute Gasteiger partial charge is 0.469 e. The van der Waals surface area contributed by atoms with Crippen LogP contribution in [0.5, 0.6) is 0 Å². The molecular weight excluding hydrogens is 360 g/mol. The number of thioether (sulfide) groups is 1. The third kappa shape index (κ3) is 4.08. The minimum absolute atomic E-state index is 0.0535. The summed E-state index contributed by atoms with van der Waals surface area (Å²) in [6, 6.07) is 12.4. The Hall–Kier alpha value is -2.54. The topological polar surface area (TPSA) is 72.9 Å². The second-order valence-corrected chi connectivity index (χ2v) is 8.12. The van der Waals surface area contributed by atoms with Crippen molar-refractivity contribution in [3.8, 4) is 11.4 Å². The summed E-state index contributed by atoms with van der Waals surface area (Å²) in [6.07, 6.45) is 3.82. The average molecular weight is 382 g/mol. The number of hydrogen-bond acceptors (Lipinski definition) is 5. The van der Waals surface area contributed by atoms with Gasteiger partial charge in [-0.05, 0) is 38.3 Å². The van der Waals surface area contributed by atoms with E-state index >= 15 is 0 Å². The standard InChI is InChI=1S/C20H22N4O2S/c1-13-17(10-11-26-13)18-22-23-20(24(18)12-15-6-4-3-5-7-15)27-14(2)19(25)21-16-8-9-16/h3-7,10-11,14,16H,8-9,12H2,1-2H3,(H,21,25). The molecule has 1 amide bonds. The highest BCUT2D eigenvalue weighted by atomic mass is 32.2. The van der Waals surface area contributed by atoms with Gasteiger partial charge in [-0.3, -0.25) is 9.36 Å². The first-order valence-electron chi connectivity index (χ1n) is 9.10. The summed E-state index contributed by atoms with van der Waals surface area (Å²) in [4.78, 5) is 12.4. The minimum Gasteiger partial charge on any atom is -0.469 e. The summed E-state index contributed by atoms with van der Waals surface area (Å²) in [6.45, 7) is 4.45. The van der Waals surface area contributed by atoms with Crippen molar-refractivity contribution in [1.29, 1.82) is 0 Å². The predicted octanol–water partition coefficient (Wildman–Crippen LogP) is 3.65. The molecule has 0 spiro atoms. The van der Waals surface area contributed by atoms with E-state index in [0.29, 0.717) is 12.6 Å². The summed E-state index contributed by atoms with van der Waals surface area (Å²) in [5.74, 6) is 1.60. The summed E-state index contributed by atoms with van der Waals surface area (Å²) < 4.78 is 7.51. The molecule has 1 unspecified atom stereocenters. The fourth-order valence-electron chi connectivity index (χ4n) is 2.86. The van der Waals surface area contributed by atoms with Crippen LogP contribution in [0.15, 0.2) is 52.2 Å². The van der Waals surface area contributed by atoms with Gasteiger partial charge >= 0.3 is 0 Å². The fraction of sp³-hybridized carbons (Fsp3) is 0.350. The number of aryl methyl sites for hydroxylation is 1. The lowest BCUT2D eigenvalue weighted by Crippen LogP contribution is -2.32. The Labute approximate surface area is 162 Å². The molecule has 1 N–H and O–H groups in total. The van der Waals surface area contributed by atoms with Crippen LogP contribution in [0.2, 0.25) is 0 Å². The van der Waals surface area contributed by atoms with Crippen molar-refractivity contribution < 1.29 is 9.21 Å². The zero-order chi connectivity index (χ0) is 18.8. The van der Waals surface area contributed by atoms with Gasteiger partial charge in [-0.1, -0.05) is 42.1 Å². The van der Waals surface area contributed by atoms with Crippen LogP contribution in [0.4, 0.5) is 0 Å². The normalized spacial score (nSPS) is 14.9. The molecule has 1 aliphatic carbocycles. The molecule has 1 atom stereocenters. The number of nitrogens with zero attached hydrogens (tertiary/aromatic N) is 3. The Kier molecular flexibility index (Phi) is 5.03. The second-order valence-electron chi connectivity index (χ2n) is 6.81. The van der Waals surface area contributed by atoms with E-state index in [4.69, 9.17) is 4.42 Å². The molecular formula is C20H22N4O2S. The van der Waals surface area contributed by atoms with Crippen LogP contribution in [-0.2, 0) is 11.3 Å². The molecule has 3 aromatic rings. The molecule has 6 nitrogen and oxygen atoms in total. The van der Waals surface area contributed by atoms with Crippen LogP contribution < -0.4 is 5.32 Å². The second kappa shape index (κ2) is 7.60. The molecule has 1 aromatic carbocycles. The Morgan fingerprint density at radius 3 is 2.74 bits per heavy atom. The lowest BCUT2D eigenvalue weighted by atomic mass is 10.2. The van der Waals surface area contributed by atoms with Crippen molar-refractivity contribution in [2.75, 3.05) is 0 Å². The summed E-state index contributed by atoms with van der Waals surface area (Å²) in [5, 5.41) is 12.3. The number of carbonyl (C=O) groups is 1. The molecule has 0 saturated heterocycles. The first-order chi connectivity index (χ1) is 13.1. The third-order valence-corrected chi connectivity index (χ3v) is 5.66. The Balaban J connectivity index is 1.63. The molecule has 4 rings (SSSR count). The smallest absolute Gasteiger partial charge is 0.233 e. The number of carbonyl (C=O) groups excluding carboxylic acids is 1. The molecule has 2 aromatic heterocycles. The molecule has 1 fully saturated rings. The van der Waals surface area contributed by atoms with Crippen LogP contribution in [-0.4, -0.2) is 32.0 Å². The molecule has 0 bridgehead atoms. The van der Waals surface area contributed by atoms with Crippen molar-refractivity contribution in [3.63, 3.8) is 0 Å². The highest BCUT2D eigenvalue weighted by Gasteiger charge is 2.27. The lowest BCUT2D eigenvalue weighted by Gasteiger charge is -2.13. The summed E-state index contributed by atoms with van der Waals surface area (Å²) in [7, 11) is 0. The van der Waals surface area contributed by atoms with Gasteiger partial charge in [0.15, 0.2) is 11.0 Å². The zero-order valence-electron chi connectivity index (χ0n) is 15.4. The zero-order valence-corrected chi connectivity index (χ0v) is 16.2. The van der Waals surface area contributed by atoms with Gasteiger partial charge in [0.2, 0.25) is 5.91 Å². The monoisotopic (exact) mass is 382 g/mol. The number of hydrogen-bond donors (Lipinski definition) is 1. The van der Waals surface area contributed by atoms with Gasteiger partial charge in [0.25, 0.3) is 0 Å². The number of furan rings is 1. The highest BCUT2D eigenvalue weighted by molar-refractivity contribution is 8.00. The van der Waals surface area contributed by atoms with E-state index in [1.54, 1.807) is 6.26 Å². The molecule has 7 heteroatoms. The van der Waals surface area contributed by atoms with E-state index in [1.165, 1.54) is 11.8 Å². The fourth-order valence-corrected chi connectivity index (χ4v) is 3.72. The van der Waals surface area contributed by atoms with Crippen molar-refractivity contribution in [2.45, 2.75) is 49.7 Å². The van der Waals surface area contributed by atoms with Crippen LogP contribution in [0.25, 0.3) is 11.4 Å². The van der Waals surface area contributed by atoms with Gasteiger partial charge in [0.1, 0.15) is 5.76 Å². The van der Waals surface area contributed by atoms with E-state index in [1.807, 2.05) is 38.1 Å². The van der Waals surface area contributed by atoms with Gasteiger partial charge in [0.05, 0.1) is 23.6 Å².